The minimum atomic E-state index is -0.443. The molecule has 1 aliphatic rings. The number of thioether (sulfide) groups is 1. The van der Waals surface area contributed by atoms with Crippen LogP contribution in [-0.4, -0.2) is 28.8 Å². The summed E-state index contributed by atoms with van der Waals surface area (Å²) < 4.78 is 7.37. The largest absolute Gasteiger partial charge is 0.468 e. The molecule has 152 valence electrons. The Bertz CT molecular complexity index is 1240. The van der Waals surface area contributed by atoms with Gasteiger partial charge in [0.25, 0.3) is 11.1 Å². The number of esters is 1. The summed E-state index contributed by atoms with van der Waals surface area (Å²) in [6.07, 6.45) is 3.42. The molecule has 9 heteroatoms. The number of aromatic nitrogens is 1. The van der Waals surface area contributed by atoms with Gasteiger partial charge in [0, 0.05) is 27.1 Å². The molecule has 1 aromatic heterocycles. The molecule has 3 aromatic rings. The Labute approximate surface area is 189 Å². The normalized spacial score (nSPS) is 15.4. The van der Waals surface area contributed by atoms with Gasteiger partial charge in [0.2, 0.25) is 0 Å². The van der Waals surface area contributed by atoms with Crippen molar-refractivity contribution in [3.8, 4) is 0 Å². The highest BCUT2D eigenvalue weighted by atomic mass is 79.9. The van der Waals surface area contributed by atoms with E-state index < -0.39 is 11.1 Å². The number of halogens is 2. The number of hydrogen-bond donors (Lipinski definition) is 0. The maximum absolute atomic E-state index is 13.0. The van der Waals surface area contributed by atoms with Gasteiger partial charge in [-0.2, -0.15) is 0 Å². The number of imide groups is 1. The molecule has 1 fully saturated rings. The zero-order chi connectivity index (χ0) is 21.4. The van der Waals surface area contributed by atoms with Crippen LogP contribution >= 0.6 is 39.3 Å². The van der Waals surface area contributed by atoms with Gasteiger partial charge in [-0.15, -0.1) is 0 Å². The molecule has 0 radical (unpaired) electrons. The maximum Gasteiger partial charge on any atom is 0.325 e. The van der Waals surface area contributed by atoms with Crippen LogP contribution in [0.5, 0.6) is 0 Å². The van der Waals surface area contributed by atoms with Crippen LogP contribution in [-0.2, 0) is 20.9 Å². The predicted octanol–water partition coefficient (Wildman–Crippen LogP) is 5.47. The Morgan fingerprint density at radius 1 is 1.23 bits per heavy atom. The van der Waals surface area contributed by atoms with E-state index in [0.29, 0.717) is 16.3 Å². The van der Waals surface area contributed by atoms with E-state index in [0.717, 1.165) is 32.0 Å². The first-order chi connectivity index (χ1) is 14.4. The van der Waals surface area contributed by atoms with Crippen molar-refractivity contribution in [2.75, 3.05) is 12.0 Å². The summed E-state index contributed by atoms with van der Waals surface area (Å²) in [6, 6.07) is 12.3. The van der Waals surface area contributed by atoms with E-state index in [1.807, 2.05) is 18.2 Å². The molecule has 30 heavy (non-hydrogen) atoms. The number of methoxy groups -OCH3 is 1. The van der Waals surface area contributed by atoms with Gasteiger partial charge >= 0.3 is 5.97 Å². The maximum atomic E-state index is 13.0. The molecule has 0 bridgehead atoms. The monoisotopic (exact) mass is 504 g/mol. The molecule has 4 rings (SSSR count). The van der Waals surface area contributed by atoms with Crippen LogP contribution in [0.3, 0.4) is 0 Å². The zero-order valence-electron chi connectivity index (χ0n) is 15.6. The van der Waals surface area contributed by atoms with Crippen LogP contribution < -0.4 is 4.90 Å². The highest BCUT2D eigenvalue weighted by Crippen LogP contribution is 2.39. The second-order valence-electron chi connectivity index (χ2n) is 6.42. The van der Waals surface area contributed by atoms with Crippen LogP contribution in [0.4, 0.5) is 10.5 Å². The van der Waals surface area contributed by atoms with Crippen molar-refractivity contribution in [2.24, 2.45) is 0 Å². The second-order valence-corrected chi connectivity index (χ2v) is 8.73. The van der Waals surface area contributed by atoms with Gasteiger partial charge in [-0.25, -0.2) is 4.90 Å². The molecule has 0 saturated carbocycles. The van der Waals surface area contributed by atoms with Gasteiger partial charge in [-0.3, -0.25) is 14.4 Å². The average molecular weight is 506 g/mol. The summed E-state index contributed by atoms with van der Waals surface area (Å²) >= 11 is 10.5. The Kier molecular flexibility index (Phi) is 5.73. The molecule has 0 spiro atoms. The second kappa shape index (κ2) is 8.29. The van der Waals surface area contributed by atoms with Crippen molar-refractivity contribution in [3.63, 3.8) is 0 Å². The Balaban J connectivity index is 1.77. The van der Waals surface area contributed by atoms with E-state index in [4.69, 9.17) is 16.3 Å². The summed E-state index contributed by atoms with van der Waals surface area (Å²) in [5.74, 6) is -0.831. The molecule has 0 unspecified atom stereocenters. The first kappa shape index (κ1) is 20.7. The van der Waals surface area contributed by atoms with Crippen molar-refractivity contribution in [1.82, 2.24) is 4.57 Å². The van der Waals surface area contributed by atoms with E-state index in [-0.39, 0.29) is 17.4 Å². The number of amides is 2. The molecule has 6 nitrogen and oxygen atoms in total. The number of anilines is 1. The van der Waals surface area contributed by atoms with Crippen LogP contribution in [0.25, 0.3) is 17.0 Å². The van der Waals surface area contributed by atoms with Gasteiger partial charge in [0.15, 0.2) is 0 Å². The van der Waals surface area contributed by atoms with Crippen LogP contribution in [0.2, 0.25) is 5.02 Å². The summed E-state index contributed by atoms with van der Waals surface area (Å²) in [6.45, 7) is 0.0313. The van der Waals surface area contributed by atoms with E-state index in [1.54, 1.807) is 41.1 Å². The number of ether oxygens (including phenoxy) is 1. The molecule has 0 aliphatic carbocycles. The summed E-state index contributed by atoms with van der Waals surface area (Å²) in [5, 5.41) is 0.733. The van der Waals surface area contributed by atoms with E-state index in [2.05, 4.69) is 15.9 Å². The zero-order valence-corrected chi connectivity index (χ0v) is 18.8. The molecular weight excluding hydrogens is 492 g/mol. The fraction of sp³-hybridized carbons (Fsp3) is 0.0952. The van der Waals surface area contributed by atoms with Crippen molar-refractivity contribution < 1.29 is 19.1 Å². The number of rotatable bonds is 4. The minimum Gasteiger partial charge on any atom is -0.468 e. The number of nitrogens with zero attached hydrogens (tertiary/aromatic N) is 2. The third-order valence-electron chi connectivity index (χ3n) is 4.57. The highest BCUT2D eigenvalue weighted by molar-refractivity contribution is 9.10. The fourth-order valence-corrected chi connectivity index (χ4v) is 4.60. The first-order valence-electron chi connectivity index (χ1n) is 8.76. The van der Waals surface area contributed by atoms with Gasteiger partial charge in [0.05, 0.1) is 22.7 Å². The third-order valence-corrected chi connectivity index (χ3v) is 6.26. The lowest BCUT2D eigenvalue weighted by atomic mass is 10.1. The van der Waals surface area contributed by atoms with Gasteiger partial charge in [-0.1, -0.05) is 39.7 Å². The van der Waals surface area contributed by atoms with Crippen molar-refractivity contribution in [2.45, 2.75) is 6.54 Å². The van der Waals surface area contributed by atoms with Crippen LogP contribution in [0.1, 0.15) is 5.56 Å². The van der Waals surface area contributed by atoms with Crippen LogP contribution in [0.15, 0.2) is 58.0 Å². The number of carbonyl (C=O) groups is 3. The Hall–Kier alpha value is -2.55. The third kappa shape index (κ3) is 3.78. The van der Waals surface area contributed by atoms with Crippen molar-refractivity contribution >= 4 is 79.1 Å². The molecule has 1 saturated heterocycles. The summed E-state index contributed by atoms with van der Waals surface area (Å²) in [5.41, 5.74) is 1.86. The molecule has 0 atom stereocenters. The van der Waals surface area contributed by atoms with Crippen molar-refractivity contribution in [1.29, 1.82) is 0 Å². The van der Waals surface area contributed by atoms with Gasteiger partial charge < -0.3 is 9.30 Å². The van der Waals surface area contributed by atoms with E-state index >= 15 is 0 Å². The highest BCUT2D eigenvalue weighted by Gasteiger charge is 2.37. The number of hydrogen-bond acceptors (Lipinski definition) is 5. The van der Waals surface area contributed by atoms with Crippen LogP contribution in [0, 0.1) is 0 Å². The summed E-state index contributed by atoms with van der Waals surface area (Å²) in [7, 11) is 1.33. The lowest BCUT2D eigenvalue weighted by Crippen LogP contribution is -2.27. The first-order valence-corrected chi connectivity index (χ1v) is 10.8. The van der Waals surface area contributed by atoms with E-state index in [1.165, 1.54) is 7.11 Å². The number of para-hydroxylation sites is 1. The fourth-order valence-electron chi connectivity index (χ4n) is 3.20. The minimum absolute atomic E-state index is 0.0313. The molecule has 0 N–H and O–H groups in total. The molecular formula is C21H14BrClN2O4S. The molecule has 2 amide bonds. The van der Waals surface area contributed by atoms with Crippen molar-refractivity contribution in [3.05, 3.63) is 68.6 Å². The van der Waals surface area contributed by atoms with Gasteiger partial charge in [0.1, 0.15) is 6.54 Å². The van der Waals surface area contributed by atoms with E-state index in [9.17, 15) is 14.4 Å². The van der Waals surface area contributed by atoms with Gasteiger partial charge in [-0.05, 0) is 48.2 Å². The molecule has 2 aromatic carbocycles. The lowest BCUT2D eigenvalue weighted by molar-refractivity contribution is -0.141. The SMILES string of the molecule is COC(=O)Cn1cc(/C=C2\SC(=O)N(c3ccccc3Cl)C2=O)c2cc(Br)ccc21. The summed E-state index contributed by atoms with van der Waals surface area (Å²) in [4.78, 5) is 38.6. The quantitative estimate of drug-likeness (QED) is 0.347. The predicted molar refractivity (Wildman–Crippen MR) is 122 cm³/mol. The Morgan fingerprint density at radius 3 is 2.73 bits per heavy atom. The average Bonchev–Trinajstić information content (AvgIpc) is 3.19. The number of fused-ring (bicyclic) bond motifs is 1. The topological polar surface area (TPSA) is 68.6 Å². The standard InChI is InChI=1S/C21H14BrClN2O4S/c1-29-19(26)11-24-10-12(14-9-13(22)6-7-16(14)24)8-18-20(27)25(21(28)30-18)17-5-3-2-4-15(17)23/h2-10H,11H2,1H3/b18-8-. The number of carbonyl (C=O) groups excluding carboxylic acids is 3. The number of benzene rings is 2. The smallest absolute Gasteiger partial charge is 0.325 e. The molecule has 2 heterocycles. The lowest BCUT2D eigenvalue weighted by Gasteiger charge is -2.13. The molecule has 1 aliphatic heterocycles. The Morgan fingerprint density at radius 2 is 2.00 bits per heavy atom.